The summed E-state index contributed by atoms with van der Waals surface area (Å²) < 4.78 is 25.1. The quantitative estimate of drug-likeness (QED) is 0.635. The Kier molecular flexibility index (Phi) is 7.12. The maximum absolute atomic E-state index is 14.5. The minimum Gasteiger partial charge on any atom is -0.489 e. The predicted octanol–water partition coefficient (Wildman–Crippen LogP) is 2.07. The molecule has 0 bridgehead atoms. The summed E-state index contributed by atoms with van der Waals surface area (Å²) in [4.78, 5) is 20.8. The highest BCUT2D eigenvalue weighted by Crippen LogP contribution is 2.34. The van der Waals surface area contributed by atoms with Crippen molar-refractivity contribution in [3.63, 3.8) is 0 Å². The Balaban J connectivity index is 1.39. The van der Waals surface area contributed by atoms with E-state index in [0.29, 0.717) is 32.1 Å². The van der Waals surface area contributed by atoms with Crippen LogP contribution in [0.3, 0.4) is 0 Å². The van der Waals surface area contributed by atoms with E-state index < -0.39 is 11.9 Å². The van der Waals surface area contributed by atoms with Gasteiger partial charge in [0.15, 0.2) is 11.6 Å². The number of nitrogens with two attached hydrogens (primary N) is 1. The molecule has 1 saturated carbocycles. The first-order valence-electron chi connectivity index (χ1n) is 10.8. The van der Waals surface area contributed by atoms with Crippen molar-refractivity contribution in [3.8, 4) is 17.2 Å². The van der Waals surface area contributed by atoms with Crippen molar-refractivity contribution < 1.29 is 23.6 Å². The number of aliphatic hydroxyl groups excluding tert-OH is 1. The molecule has 2 heterocycles. The number of anilines is 1. The monoisotopic (exact) mass is 467 g/mol. The Morgan fingerprint density at radius 1 is 1.31 bits per heavy atom. The molecule has 4 rings (SSSR count). The highest BCUT2D eigenvalue weighted by Gasteiger charge is 2.30. The first-order chi connectivity index (χ1) is 15.5. The summed E-state index contributed by atoms with van der Waals surface area (Å²) in [6, 6.07) is 1.85. The van der Waals surface area contributed by atoms with Gasteiger partial charge < -0.3 is 29.9 Å². The number of benzene rings is 1. The molecule has 1 aromatic carbocycles. The van der Waals surface area contributed by atoms with E-state index in [4.69, 9.17) is 31.7 Å². The molecule has 9 nitrogen and oxygen atoms in total. The van der Waals surface area contributed by atoms with Crippen molar-refractivity contribution in [1.82, 2.24) is 15.0 Å². The molecule has 0 unspecified atom stereocenters. The van der Waals surface area contributed by atoms with Gasteiger partial charge in [-0.2, -0.15) is 4.98 Å². The number of ether oxygens (including phenoxy) is 1. The van der Waals surface area contributed by atoms with Gasteiger partial charge in [0.1, 0.15) is 6.61 Å². The lowest BCUT2D eigenvalue weighted by Gasteiger charge is -2.35. The Morgan fingerprint density at radius 3 is 2.72 bits per heavy atom. The molecule has 1 aliphatic carbocycles. The van der Waals surface area contributed by atoms with E-state index in [0.717, 1.165) is 31.7 Å². The lowest BCUT2D eigenvalue weighted by atomic mass is 10.1. The average Bonchev–Trinajstić information content (AvgIpc) is 3.51. The summed E-state index contributed by atoms with van der Waals surface area (Å²) in [5, 5.41) is 13.1. The fourth-order valence-electron chi connectivity index (χ4n) is 4.06. The fraction of sp³-hybridized carbons (Fsp3) is 0.571. The van der Waals surface area contributed by atoms with E-state index in [-0.39, 0.29) is 47.3 Å². The standard InChI is InChI=1S/C21H27ClFN5O4/c22-16-10-18(31-12-14(24)11-29)17(23)9-15(16)19-25-21(26-32-19)28-7-5-27(6-8-28)20(30)13-3-1-2-4-13/h9-10,13-14,29H,1-8,11-12,24H2/t14-/m0/s1. The number of piperazine rings is 1. The molecule has 174 valence electrons. The minimum atomic E-state index is -0.659. The predicted molar refractivity (Wildman–Crippen MR) is 116 cm³/mol. The summed E-state index contributed by atoms with van der Waals surface area (Å²) in [5.74, 6) is 0.145. The van der Waals surface area contributed by atoms with Crippen LogP contribution in [0.2, 0.25) is 5.02 Å². The molecule has 2 fully saturated rings. The van der Waals surface area contributed by atoms with E-state index in [1.807, 2.05) is 9.80 Å². The number of carbonyl (C=O) groups excluding carboxylic acids is 1. The summed E-state index contributed by atoms with van der Waals surface area (Å²) in [7, 11) is 0. The van der Waals surface area contributed by atoms with Crippen LogP contribution in [-0.4, -0.2) is 71.5 Å². The normalized spacial score (nSPS) is 18.2. The van der Waals surface area contributed by atoms with Gasteiger partial charge in [-0.25, -0.2) is 4.39 Å². The Hall–Kier alpha value is -2.43. The first kappa shape index (κ1) is 22.8. The maximum Gasteiger partial charge on any atom is 0.266 e. The largest absolute Gasteiger partial charge is 0.489 e. The van der Waals surface area contributed by atoms with E-state index in [1.165, 1.54) is 6.07 Å². The van der Waals surface area contributed by atoms with Crippen LogP contribution in [-0.2, 0) is 4.79 Å². The number of rotatable bonds is 7. The molecular weight excluding hydrogens is 441 g/mol. The first-order valence-corrected chi connectivity index (χ1v) is 11.2. The molecule has 3 N–H and O–H groups in total. The van der Waals surface area contributed by atoms with E-state index in [9.17, 15) is 9.18 Å². The van der Waals surface area contributed by atoms with Crippen molar-refractivity contribution >= 4 is 23.5 Å². The zero-order chi connectivity index (χ0) is 22.7. The third kappa shape index (κ3) is 4.97. The molecule has 2 aromatic rings. The van der Waals surface area contributed by atoms with Gasteiger partial charge in [0.05, 0.1) is 23.2 Å². The van der Waals surface area contributed by atoms with E-state index in [1.54, 1.807) is 0 Å². The van der Waals surface area contributed by atoms with Crippen LogP contribution in [0.4, 0.5) is 10.3 Å². The number of aliphatic hydroxyl groups is 1. The lowest BCUT2D eigenvalue weighted by molar-refractivity contribution is -0.135. The van der Waals surface area contributed by atoms with Crippen LogP contribution in [0.1, 0.15) is 25.7 Å². The molecule has 0 radical (unpaired) electrons. The molecule has 2 aliphatic rings. The van der Waals surface area contributed by atoms with Gasteiger partial charge in [0.2, 0.25) is 5.91 Å². The molecule has 1 aromatic heterocycles. The number of halogens is 2. The van der Waals surface area contributed by atoms with Gasteiger partial charge >= 0.3 is 0 Å². The van der Waals surface area contributed by atoms with E-state index >= 15 is 0 Å². The molecule has 1 aliphatic heterocycles. The zero-order valence-corrected chi connectivity index (χ0v) is 18.4. The van der Waals surface area contributed by atoms with Crippen LogP contribution in [0.15, 0.2) is 16.7 Å². The van der Waals surface area contributed by atoms with Crippen molar-refractivity contribution in [2.75, 3.05) is 44.3 Å². The zero-order valence-electron chi connectivity index (χ0n) is 17.7. The molecule has 32 heavy (non-hydrogen) atoms. The summed E-state index contributed by atoms with van der Waals surface area (Å²) in [5.41, 5.74) is 5.82. The van der Waals surface area contributed by atoms with Crippen molar-refractivity contribution in [3.05, 3.63) is 23.0 Å². The Morgan fingerprint density at radius 2 is 2.03 bits per heavy atom. The highest BCUT2D eigenvalue weighted by molar-refractivity contribution is 6.33. The van der Waals surface area contributed by atoms with Gasteiger partial charge in [-0.05, 0) is 24.1 Å². The second-order valence-electron chi connectivity index (χ2n) is 8.21. The Labute approximate surface area is 190 Å². The summed E-state index contributed by atoms with van der Waals surface area (Å²) in [6.45, 7) is 2.08. The van der Waals surface area contributed by atoms with Crippen LogP contribution in [0.5, 0.6) is 5.75 Å². The highest BCUT2D eigenvalue weighted by atomic mass is 35.5. The smallest absolute Gasteiger partial charge is 0.266 e. The van der Waals surface area contributed by atoms with Crippen molar-refractivity contribution in [1.29, 1.82) is 0 Å². The third-order valence-electron chi connectivity index (χ3n) is 5.93. The second-order valence-corrected chi connectivity index (χ2v) is 8.62. The number of carbonyl (C=O) groups is 1. The molecule has 11 heteroatoms. The SMILES string of the molecule is N[C@@H](CO)COc1cc(Cl)c(-c2nc(N3CCN(C(=O)C4CCCC4)CC3)no2)cc1F. The molecule has 1 atom stereocenters. The number of nitrogens with zero attached hydrogens (tertiary/aromatic N) is 4. The molecule has 0 spiro atoms. The van der Waals surface area contributed by atoms with Crippen molar-refractivity contribution in [2.24, 2.45) is 11.7 Å². The minimum absolute atomic E-state index is 0.0526. The molecular formula is C21H27ClFN5O4. The summed E-state index contributed by atoms with van der Waals surface area (Å²) in [6.07, 6.45) is 4.24. The van der Waals surface area contributed by atoms with Gasteiger partial charge in [-0.1, -0.05) is 24.4 Å². The average molecular weight is 468 g/mol. The maximum atomic E-state index is 14.5. The lowest BCUT2D eigenvalue weighted by Crippen LogP contribution is -2.50. The van der Waals surface area contributed by atoms with Crippen molar-refractivity contribution in [2.45, 2.75) is 31.7 Å². The molecule has 1 amide bonds. The van der Waals surface area contributed by atoms with E-state index in [2.05, 4.69) is 10.1 Å². The number of hydrogen-bond acceptors (Lipinski definition) is 8. The Bertz CT molecular complexity index is 944. The molecule has 1 saturated heterocycles. The summed E-state index contributed by atoms with van der Waals surface area (Å²) >= 11 is 6.28. The van der Waals surface area contributed by atoms with Gasteiger partial charge in [0, 0.05) is 38.2 Å². The fourth-order valence-corrected chi connectivity index (χ4v) is 4.30. The number of aromatic nitrogens is 2. The van der Waals surface area contributed by atoms with Gasteiger partial charge in [0.25, 0.3) is 11.8 Å². The van der Waals surface area contributed by atoms with Gasteiger partial charge in [-0.3, -0.25) is 4.79 Å². The second kappa shape index (κ2) is 10.0. The third-order valence-corrected chi connectivity index (χ3v) is 6.25. The van der Waals surface area contributed by atoms with Gasteiger partial charge in [-0.15, -0.1) is 0 Å². The van der Waals surface area contributed by atoms with Crippen LogP contribution in [0.25, 0.3) is 11.5 Å². The topological polar surface area (TPSA) is 118 Å². The van der Waals surface area contributed by atoms with Crippen LogP contribution in [0, 0.1) is 11.7 Å². The number of amides is 1. The van der Waals surface area contributed by atoms with Crippen LogP contribution < -0.4 is 15.4 Å². The number of hydrogen-bond donors (Lipinski definition) is 2. The van der Waals surface area contributed by atoms with Crippen LogP contribution >= 0.6 is 11.6 Å².